The molecular formula is C17H18N2O4S. The van der Waals surface area contributed by atoms with Gasteiger partial charge in [0.25, 0.3) is 5.69 Å². The van der Waals surface area contributed by atoms with Crippen LogP contribution in [-0.2, 0) is 16.4 Å². The average Bonchev–Trinajstić information content (AvgIpc) is 3.04. The molecule has 1 aliphatic rings. The fourth-order valence-electron chi connectivity index (χ4n) is 3.17. The maximum absolute atomic E-state index is 13.0. The van der Waals surface area contributed by atoms with Crippen molar-refractivity contribution >= 4 is 15.7 Å². The normalized spacial score (nSPS) is 18.6. The van der Waals surface area contributed by atoms with Crippen LogP contribution in [0, 0.1) is 10.1 Å². The predicted octanol–water partition coefficient (Wildman–Crippen LogP) is 2.99. The third-order valence-electron chi connectivity index (χ3n) is 4.29. The van der Waals surface area contributed by atoms with Crippen LogP contribution in [0.25, 0.3) is 0 Å². The third kappa shape index (κ3) is 3.18. The van der Waals surface area contributed by atoms with E-state index in [2.05, 4.69) is 0 Å². The first-order valence-electron chi connectivity index (χ1n) is 7.79. The van der Waals surface area contributed by atoms with E-state index in [0.717, 1.165) is 18.4 Å². The number of sulfonamides is 1. The van der Waals surface area contributed by atoms with E-state index in [1.54, 1.807) is 0 Å². The first-order chi connectivity index (χ1) is 11.5. The molecule has 0 saturated carbocycles. The van der Waals surface area contributed by atoms with E-state index in [0.29, 0.717) is 13.0 Å². The molecule has 0 unspecified atom stereocenters. The smallest absolute Gasteiger partial charge is 0.258 e. The molecule has 1 saturated heterocycles. The van der Waals surface area contributed by atoms with Gasteiger partial charge in [-0.15, -0.1) is 0 Å². The SMILES string of the molecule is O=[N+]([O-])c1ccccc1S(=O)(=O)N1CCC[C@H]1Cc1ccccc1. The molecule has 6 nitrogen and oxygen atoms in total. The molecule has 0 aliphatic carbocycles. The largest absolute Gasteiger partial charge is 0.289 e. The van der Waals surface area contributed by atoms with Crippen LogP contribution in [0.5, 0.6) is 0 Å². The molecule has 7 heteroatoms. The molecule has 1 atom stereocenters. The number of nitro benzene ring substituents is 1. The predicted molar refractivity (Wildman–Crippen MR) is 90.2 cm³/mol. The highest BCUT2D eigenvalue weighted by molar-refractivity contribution is 7.89. The summed E-state index contributed by atoms with van der Waals surface area (Å²) in [7, 11) is -3.89. The van der Waals surface area contributed by atoms with Crippen molar-refractivity contribution in [3.8, 4) is 0 Å². The molecule has 1 heterocycles. The fourth-order valence-corrected chi connectivity index (χ4v) is 5.02. The lowest BCUT2D eigenvalue weighted by Crippen LogP contribution is -2.37. The van der Waals surface area contributed by atoms with Crippen molar-refractivity contribution < 1.29 is 13.3 Å². The number of nitro groups is 1. The number of nitrogens with zero attached hydrogens (tertiary/aromatic N) is 2. The second-order valence-electron chi connectivity index (χ2n) is 5.83. The lowest BCUT2D eigenvalue weighted by atomic mass is 10.1. The lowest BCUT2D eigenvalue weighted by molar-refractivity contribution is -0.387. The van der Waals surface area contributed by atoms with Gasteiger partial charge in [0.1, 0.15) is 0 Å². The zero-order valence-electron chi connectivity index (χ0n) is 13.0. The first kappa shape index (κ1) is 16.6. The van der Waals surface area contributed by atoms with Gasteiger partial charge in [0.15, 0.2) is 4.90 Å². The summed E-state index contributed by atoms with van der Waals surface area (Å²) in [5.41, 5.74) is 0.690. The summed E-state index contributed by atoms with van der Waals surface area (Å²) in [5.74, 6) is 0. The highest BCUT2D eigenvalue weighted by Gasteiger charge is 2.38. The molecule has 0 N–H and O–H groups in total. The molecule has 2 aromatic carbocycles. The minimum absolute atomic E-state index is 0.169. The Bertz CT molecular complexity index is 837. The summed E-state index contributed by atoms with van der Waals surface area (Å²) in [4.78, 5) is 10.3. The van der Waals surface area contributed by atoms with Gasteiger partial charge in [0.05, 0.1) is 4.92 Å². The Morgan fingerprint density at radius 1 is 1.08 bits per heavy atom. The number of rotatable bonds is 5. The van der Waals surface area contributed by atoms with Gasteiger partial charge in [0, 0.05) is 18.7 Å². The van der Waals surface area contributed by atoms with E-state index in [1.165, 1.54) is 28.6 Å². The Morgan fingerprint density at radius 2 is 1.75 bits per heavy atom. The van der Waals surface area contributed by atoms with Crippen LogP contribution in [0.4, 0.5) is 5.69 Å². The number of hydrogen-bond donors (Lipinski definition) is 0. The quantitative estimate of drug-likeness (QED) is 0.616. The van der Waals surface area contributed by atoms with Crippen molar-refractivity contribution in [1.29, 1.82) is 0 Å². The van der Waals surface area contributed by atoms with E-state index < -0.39 is 14.9 Å². The van der Waals surface area contributed by atoms with Crippen molar-refractivity contribution in [2.24, 2.45) is 0 Å². The Hall–Kier alpha value is -2.25. The second-order valence-corrected chi connectivity index (χ2v) is 7.69. The molecule has 24 heavy (non-hydrogen) atoms. The maximum atomic E-state index is 13.0. The Labute approximate surface area is 140 Å². The summed E-state index contributed by atoms with van der Waals surface area (Å²) >= 11 is 0. The van der Waals surface area contributed by atoms with Gasteiger partial charge in [-0.3, -0.25) is 10.1 Å². The van der Waals surface area contributed by atoms with Gasteiger partial charge in [-0.25, -0.2) is 8.42 Å². The summed E-state index contributed by atoms with van der Waals surface area (Å²) in [6.07, 6.45) is 2.13. The summed E-state index contributed by atoms with van der Waals surface area (Å²) < 4.78 is 27.4. The van der Waals surface area contributed by atoms with Gasteiger partial charge in [-0.05, 0) is 30.9 Å². The molecule has 1 fully saturated rings. The number of para-hydroxylation sites is 1. The molecule has 0 spiro atoms. The molecule has 0 bridgehead atoms. The highest BCUT2D eigenvalue weighted by Crippen LogP contribution is 2.32. The van der Waals surface area contributed by atoms with Gasteiger partial charge in [-0.2, -0.15) is 4.31 Å². The van der Waals surface area contributed by atoms with Crippen LogP contribution in [0.15, 0.2) is 59.5 Å². The van der Waals surface area contributed by atoms with E-state index in [4.69, 9.17) is 0 Å². The minimum Gasteiger partial charge on any atom is -0.258 e. The Morgan fingerprint density at radius 3 is 2.46 bits per heavy atom. The zero-order valence-corrected chi connectivity index (χ0v) is 13.9. The van der Waals surface area contributed by atoms with Crippen molar-refractivity contribution in [2.45, 2.75) is 30.2 Å². The lowest BCUT2D eigenvalue weighted by Gasteiger charge is -2.24. The zero-order chi connectivity index (χ0) is 17.2. The van der Waals surface area contributed by atoms with E-state index in [9.17, 15) is 18.5 Å². The fraction of sp³-hybridized carbons (Fsp3) is 0.294. The van der Waals surface area contributed by atoms with Crippen LogP contribution in [-0.4, -0.2) is 30.2 Å². The van der Waals surface area contributed by atoms with Crippen molar-refractivity contribution in [1.82, 2.24) is 4.31 Å². The van der Waals surface area contributed by atoms with Gasteiger partial charge in [-0.1, -0.05) is 42.5 Å². The van der Waals surface area contributed by atoms with Crippen LogP contribution in [0.1, 0.15) is 18.4 Å². The Kier molecular flexibility index (Phi) is 4.64. The number of hydrogen-bond acceptors (Lipinski definition) is 4. The third-order valence-corrected chi connectivity index (χ3v) is 6.29. The molecular weight excluding hydrogens is 328 g/mol. The second kappa shape index (κ2) is 6.70. The highest BCUT2D eigenvalue weighted by atomic mass is 32.2. The molecule has 1 aliphatic heterocycles. The molecule has 0 amide bonds. The number of benzene rings is 2. The first-order valence-corrected chi connectivity index (χ1v) is 9.23. The van der Waals surface area contributed by atoms with Gasteiger partial charge in [0.2, 0.25) is 10.0 Å². The summed E-state index contributed by atoms with van der Waals surface area (Å²) in [5, 5.41) is 11.2. The average molecular weight is 346 g/mol. The van der Waals surface area contributed by atoms with Crippen molar-refractivity contribution in [3.63, 3.8) is 0 Å². The molecule has 126 valence electrons. The van der Waals surface area contributed by atoms with Crippen LogP contribution in [0.2, 0.25) is 0 Å². The van der Waals surface area contributed by atoms with E-state index in [1.807, 2.05) is 30.3 Å². The van der Waals surface area contributed by atoms with E-state index in [-0.39, 0.29) is 16.6 Å². The molecule has 3 rings (SSSR count). The topological polar surface area (TPSA) is 80.5 Å². The Balaban J connectivity index is 1.93. The summed E-state index contributed by atoms with van der Waals surface area (Å²) in [6, 6.07) is 15.1. The van der Waals surface area contributed by atoms with Gasteiger partial charge >= 0.3 is 0 Å². The van der Waals surface area contributed by atoms with E-state index >= 15 is 0 Å². The maximum Gasteiger partial charge on any atom is 0.289 e. The van der Waals surface area contributed by atoms with Crippen molar-refractivity contribution in [3.05, 3.63) is 70.3 Å². The monoisotopic (exact) mass is 346 g/mol. The minimum atomic E-state index is -3.89. The van der Waals surface area contributed by atoms with Gasteiger partial charge < -0.3 is 0 Å². The standard InChI is InChI=1S/C17H18N2O4S/c20-19(21)16-10-4-5-11-17(16)24(22,23)18-12-6-9-15(18)13-14-7-2-1-3-8-14/h1-5,7-8,10-11,15H,6,9,12-13H2/t15-/m0/s1. The van der Waals surface area contributed by atoms with Crippen LogP contribution in [0.3, 0.4) is 0 Å². The molecule has 2 aromatic rings. The molecule has 0 radical (unpaired) electrons. The van der Waals surface area contributed by atoms with Crippen LogP contribution >= 0.6 is 0 Å². The van der Waals surface area contributed by atoms with Crippen LogP contribution < -0.4 is 0 Å². The molecule has 0 aromatic heterocycles. The summed E-state index contributed by atoms with van der Waals surface area (Å²) in [6.45, 7) is 0.395. The van der Waals surface area contributed by atoms with Crippen molar-refractivity contribution in [2.75, 3.05) is 6.54 Å².